The van der Waals surface area contributed by atoms with Crippen LogP contribution in [0.4, 0.5) is 5.69 Å². The quantitative estimate of drug-likeness (QED) is 0.649. The molecule has 1 aliphatic heterocycles. The van der Waals surface area contributed by atoms with Gasteiger partial charge in [0.05, 0.1) is 23.6 Å². The lowest BCUT2D eigenvalue weighted by Crippen LogP contribution is -2.32. The number of benzene rings is 2. The van der Waals surface area contributed by atoms with Gasteiger partial charge in [0.15, 0.2) is 0 Å². The first kappa shape index (κ1) is 17.8. The molecule has 0 saturated carbocycles. The number of aliphatic hydroxyl groups excluding tert-OH is 1. The van der Waals surface area contributed by atoms with Crippen molar-refractivity contribution in [2.75, 3.05) is 18.6 Å². The van der Waals surface area contributed by atoms with Crippen molar-refractivity contribution in [3.8, 4) is 5.75 Å². The molecule has 0 saturated heterocycles. The first-order valence-corrected chi connectivity index (χ1v) is 9.00. The zero-order valence-electron chi connectivity index (χ0n) is 15.4. The number of nitrogens with zero attached hydrogens (tertiary/aromatic N) is 2. The topological polar surface area (TPSA) is 102 Å². The molecule has 0 spiro atoms. The minimum absolute atomic E-state index is 0.0550. The molecule has 0 unspecified atom stereocenters. The molecule has 0 amide bonds. The number of methoxy groups -OCH3 is 1. The summed E-state index contributed by atoms with van der Waals surface area (Å²) in [7, 11) is 1.60. The van der Waals surface area contributed by atoms with Crippen LogP contribution < -0.4 is 15.2 Å². The van der Waals surface area contributed by atoms with E-state index < -0.39 is 0 Å². The van der Waals surface area contributed by atoms with Gasteiger partial charge in [-0.2, -0.15) is 0 Å². The van der Waals surface area contributed by atoms with Gasteiger partial charge in [-0.3, -0.25) is 10.2 Å². The van der Waals surface area contributed by atoms with Crippen molar-refractivity contribution in [2.45, 2.75) is 12.8 Å². The van der Waals surface area contributed by atoms with Crippen LogP contribution in [0.5, 0.6) is 5.75 Å². The summed E-state index contributed by atoms with van der Waals surface area (Å²) in [6, 6.07) is 14.4. The highest BCUT2D eigenvalue weighted by molar-refractivity contribution is 6.27. The van der Waals surface area contributed by atoms with Gasteiger partial charge in [-0.15, -0.1) is 0 Å². The normalized spacial score (nSPS) is 15.0. The molecular weight excluding hydrogens is 356 g/mol. The number of aromatic nitrogens is 2. The van der Waals surface area contributed by atoms with E-state index in [4.69, 9.17) is 10.1 Å². The number of allylic oxidation sites excluding steroid dienone is 1. The zero-order chi connectivity index (χ0) is 19.7. The molecule has 7 heteroatoms. The van der Waals surface area contributed by atoms with Gasteiger partial charge in [0, 0.05) is 18.7 Å². The van der Waals surface area contributed by atoms with E-state index >= 15 is 0 Å². The number of rotatable bonds is 3. The molecule has 3 aromatic rings. The predicted octanol–water partition coefficient (Wildman–Crippen LogP) is 3.48. The first-order chi connectivity index (χ1) is 13.6. The highest BCUT2D eigenvalue weighted by Gasteiger charge is 2.26. The molecule has 0 bridgehead atoms. The summed E-state index contributed by atoms with van der Waals surface area (Å²) in [5, 5.41) is 19.8. The molecule has 1 aliphatic rings. The fourth-order valence-corrected chi connectivity index (χ4v) is 3.39. The van der Waals surface area contributed by atoms with Crippen molar-refractivity contribution < 1.29 is 9.84 Å². The standard InChI is InChI=1S/C21H20N4O3/c1-28-14-10-8-13(9-11-14)25-12-4-7-17(26)18(19(25)22)20-23-16-6-3-2-5-15(16)21(27)24-20/h2-3,5-6,8-11,22,26H,4,7,12H2,1H3,(H,23,24,27). The Hall–Kier alpha value is -3.61. The first-order valence-electron chi connectivity index (χ1n) is 9.00. The molecule has 3 N–H and O–H groups in total. The number of ether oxygens (including phenoxy) is 1. The Labute approximate surface area is 161 Å². The Kier molecular flexibility index (Phi) is 4.57. The number of H-pyrrole nitrogens is 1. The smallest absolute Gasteiger partial charge is 0.259 e. The third-order valence-corrected chi connectivity index (χ3v) is 4.82. The molecule has 28 heavy (non-hydrogen) atoms. The molecule has 0 radical (unpaired) electrons. The van der Waals surface area contributed by atoms with Crippen LogP contribution in [0.1, 0.15) is 18.7 Å². The summed E-state index contributed by atoms with van der Waals surface area (Å²) in [4.78, 5) is 21.5. The third-order valence-electron chi connectivity index (χ3n) is 4.82. The number of nitrogens with one attached hydrogen (secondary N) is 2. The van der Waals surface area contributed by atoms with E-state index in [-0.39, 0.29) is 28.6 Å². The molecule has 0 atom stereocenters. The fourth-order valence-electron chi connectivity index (χ4n) is 3.39. The average molecular weight is 376 g/mol. The number of anilines is 1. The van der Waals surface area contributed by atoms with Gasteiger partial charge in [0.2, 0.25) is 0 Å². The van der Waals surface area contributed by atoms with E-state index in [0.717, 1.165) is 11.4 Å². The van der Waals surface area contributed by atoms with Gasteiger partial charge in [-0.05, 0) is 42.8 Å². The Balaban J connectivity index is 1.80. The van der Waals surface area contributed by atoms with Crippen molar-refractivity contribution in [3.63, 3.8) is 0 Å². The zero-order valence-corrected chi connectivity index (χ0v) is 15.4. The van der Waals surface area contributed by atoms with E-state index in [2.05, 4.69) is 9.97 Å². The lowest BCUT2D eigenvalue weighted by molar-refractivity contribution is 0.390. The summed E-state index contributed by atoms with van der Waals surface area (Å²) in [5.74, 6) is 1.08. The maximum atomic E-state index is 12.5. The number of amidine groups is 1. The van der Waals surface area contributed by atoms with E-state index in [1.54, 1.807) is 36.3 Å². The molecule has 0 aliphatic carbocycles. The molecule has 2 heterocycles. The van der Waals surface area contributed by atoms with Gasteiger partial charge >= 0.3 is 0 Å². The summed E-state index contributed by atoms with van der Waals surface area (Å²) >= 11 is 0. The molecule has 0 fully saturated rings. The van der Waals surface area contributed by atoms with Gasteiger partial charge < -0.3 is 19.7 Å². The SMILES string of the molecule is COc1ccc(N2CCCC(O)=C(c3nc4ccccc4c(=O)[nH]3)C2=N)cc1. The van der Waals surface area contributed by atoms with Gasteiger partial charge in [-0.25, -0.2) is 4.98 Å². The van der Waals surface area contributed by atoms with E-state index in [0.29, 0.717) is 30.3 Å². The third kappa shape index (κ3) is 3.11. The Morgan fingerprint density at radius 3 is 2.68 bits per heavy atom. The maximum Gasteiger partial charge on any atom is 0.259 e. The van der Waals surface area contributed by atoms with E-state index in [1.807, 2.05) is 24.3 Å². The second-order valence-electron chi connectivity index (χ2n) is 6.56. The number of fused-ring (bicyclic) bond motifs is 1. The highest BCUT2D eigenvalue weighted by atomic mass is 16.5. The van der Waals surface area contributed by atoms with Crippen LogP contribution in [0.25, 0.3) is 16.5 Å². The van der Waals surface area contributed by atoms with Gasteiger partial charge in [0.25, 0.3) is 5.56 Å². The lowest BCUT2D eigenvalue weighted by Gasteiger charge is -2.24. The summed E-state index contributed by atoms with van der Waals surface area (Å²) < 4.78 is 5.20. The highest BCUT2D eigenvalue weighted by Crippen LogP contribution is 2.29. The van der Waals surface area contributed by atoms with Crippen LogP contribution >= 0.6 is 0 Å². The second-order valence-corrected chi connectivity index (χ2v) is 6.56. The van der Waals surface area contributed by atoms with Crippen molar-refractivity contribution in [2.24, 2.45) is 0 Å². The molecular formula is C21H20N4O3. The van der Waals surface area contributed by atoms with Crippen molar-refractivity contribution in [1.82, 2.24) is 9.97 Å². The summed E-state index contributed by atoms with van der Waals surface area (Å²) in [6.07, 6.45) is 1.07. The number of hydrogen-bond donors (Lipinski definition) is 3. The monoisotopic (exact) mass is 376 g/mol. The number of aromatic amines is 1. The Morgan fingerprint density at radius 2 is 1.93 bits per heavy atom. The number of aliphatic hydroxyl groups is 1. The predicted molar refractivity (Wildman–Crippen MR) is 109 cm³/mol. The van der Waals surface area contributed by atoms with Crippen LogP contribution in [0.2, 0.25) is 0 Å². The fraction of sp³-hybridized carbons (Fsp3) is 0.190. The Bertz CT molecular complexity index is 1130. The van der Waals surface area contributed by atoms with E-state index in [9.17, 15) is 9.90 Å². The lowest BCUT2D eigenvalue weighted by atomic mass is 10.1. The summed E-state index contributed by atoms with van der Waals surface area (Å²) in [6.45, 7) is 0.566. The number of para-hydroxylation sites is 1. The molecule has 142 valence electrons. The van der Waals surface area contributed by atoms with Crippen LogP contribution in [-0.4, -0.2) is 34.6 Å². The molecule has 7 nitrogen and oxygen atoms in total. The van der Waals surface area contributed by atoms with Gasteiger partial charge in [0.1, 0.15) is 23.2 Å². The summed E-state index contributed by atoms with van der Waals surface area (Å²) in [5.41, 5.74) is 1.28. The molecule has 2 aromatic carbocycles. The van der Waals surface area contributed by atoms with Gasteiger partial charge in [-0.1, -0.05) is 12.1 Å². The van der Waals surface area contributed by atoms with Crippen LogP contribution in [-0.2, 0) is 0 Å². The van der Waals surface area contributed by atoms with Crippen LogP contribution in [0.15, 0.2) is 59.1 Å². The van der Waals surface area contributed by atoms with Crippen molar-refractivity contribution >= 4 is 28.0 Å². The second kappa shape index (κ2) is 7.19. The van der Waals surface area contributed by atoms with Crippen molar-refractivity contribution in [3.05, 3.63) is 70.5 Å². The van der Waals surface area contributed by atoms with Crippen LogP contribution in [0, 0.1) is 5.41 Å². The largest absolute Gasteiger partial charge is 0.511 e. The molecule has 1 aromatic heterocycles. The Morgan fingerprint density at radius 1 is 1.18 bits per heavy atom. The minimum Gasteiger partial charge on any atom is -0.511 e. The maximum absolute atomic E-state index is 12.5. The number of hydrogen-bond acceptors (Lipinski definition) is 5. The van der Waals surface area contributed by atoms with E-state index in [1.165, 1.54) is 0 Å². The van der Waals surface area contributed by atoms with Crippen LogP contribution in [0.3, 0.4) is 0 Å². The molecule has 4 rings (SSSR count). The average Bonchev–Trinajstić information content (AvgIpc) is 2.86. The minimum atomic E-state index is -0.297. The van der Waals surface area contributed by atoms with Crippen molar-refractivity contribution in [1.29, 1.82) is 5.41 Å².